The fraction of sp³-hybridized carbons (Fsp3) is 0.714. The van der Waals surface area contributed by atoms with Crippen LogP contribution >= 0.6 is 0 Å². The molecule has 98 valence electrons. The van der Waals surface area contributed by atoms with E-state index < -0.39 is 5.97 Å². The smallest absolute Gasteiger partial charge is 0.354 e. The van der Waals surface area contributed by atoms with Gasteiger partial charge in [0.15, 0.2) is 0 Å². The predicted molar refractivity (Wildman–Crippen MR) is 67.5 cm³/mol. The van der Waals surface area contributed by atoms with Crippen LogP contribution in [0.2, 0.25) is 0 Å². The highest BCUT2D eigenvalue weighted by Crippen LogP contribution is 2.46. The SMILES string of the molecule is O=C(O)c1cncn1[C@H]1CCC[C@H]2CCCC[C@@H]21. The maximum atomic E-state index is 11.2. The summed E-state index contributed by atoms with van der Waals surface area (Å²) in [4.78, 5) is 15.3. The van der Waals surface area contributed by atoms with Gasteiger partial charge in [0.1, 0.15) is 5.69 Å². The van der Waals surface area contributed by atoms with Gasteiger partial charge in [-0.25, -0.2) is 9.78 Å². The van der Waals surface area contributed by atoms with Crippen LogP contribution in [0.5, 0.6) is 0 Å². The Morgan fingerprint density at radius 3 is 2.83 bits per heavy atom. The fourth-order valence-electron chi connectivity index (χ4n) is 3.98. The van der Waals surface area contributed by atoms with Crippen molar-refractivity contribution in [2.75, 3.05) is 0 Å². The Bertz CT molecular complexity index is 439. The number of nitrogens with zero attached hydrogens (tertiary/aromatic N) is 2. The van der Waals surface area contributed by atoms with Crippen LogP contribution in [-0.2, 0) is 0 Å². The summed E-state index contributed by atoms with van der Waals surface area (Å²) in [5.74, 6) is 0.617. The summed E-state index contributed by atoms with van der Waals surface area (Å²) in [6.07, 6.45) is 12.1. The summed E-state index contributed by atoms with van der Waals surface area (Å²) in [6.45, 7) is 0. The fourth-order valence-corrected chi connectivity index (χ4v) is 3.98. The zero-order valence-electron chi connectivity index (χ0n) is 10.6. The molecule has 18 heavy (non-hydrogen) atoms. The molecule has 0 amide bonds. The molecule has 0 aromatic carbocycles. The monoisotopic (exact) mass is 248 g/mol. The third kappa shape index (κ3) is 1.93. The number of fused-ring (bicyclic) bond motifs is 1. The standard InChI is InChI=1S/C14H20N2O2/c17-14(18)13-8-15-9-16(13)12-7-3-5-10-4-1-2-6-11(10)12/h8-12H,1-7H2,(H,17,18)/t10-,11+,12+/m1/s1. The molecule has 0 unspecified atom stereocenters. The Hall–Kier alpha value is -1.32. The van der Waals surface area contributed by atoms with E-state index in [9.17, 15) is 9.90 Å². The van der Waals surface area contributed by atoms with Gasteiger partial charge in [-0.1, -0.05) is 32.1 Å². The van der Waals surface area contributed by atoms with E-state index in [2.05, 4.69) is 4.98 Å². The third-order valence-corrected chi connectivity index (χ3v) is 4.78. The molecule has 2 fully saturated rings. The van der Waals surface area contributed by atoms with E-state index in [0.717, 1.165) is 12.3 Å². The van der Waals surface area contributed by atoms with Crippen molar-refractivity contribution in [3.8, 4) is 0 Å². The van der Waals surface area contributed by atoms with Gasteiger partial charge >= 0.3 is 5.97 Å². The Morgan fingerprint density at radius 2 is 2.00 bits per heavy atom. The second kappa shape index (κ2) is 4.75. The van der Waals surface area contributed by atoms with E-state index in [0.29, 0.717) is 17.7 Å². The Balaban J connectivity index is 1.89. The van der Waals surface area contributed by atoms with Crippen LogP contribution in [-0.4, -0.2) is 20.6 Å². The first kappa shape index (κ1) is 11.8. The summed E-state index contributed by atoms with van der Waals surface area (Å²) in [6, 6.07) is 0.359. The summed E-state index contributed by atoms with van der Waals surface area (Å²) >= 11 is 0. The summed E-state index contributed by atoms with van der Waals surface area (Å²) < 4.78 is 1.92. The first-order valence-electron chi connectivity index (χ1n) is 7.02. The highest BCUT2D eigenvalue weighted by atomic mass is 16.4. The van der Waals surface area contributed by atoms with Crippen LogP contribution in [0.25, 0.3) is 0 Å². The quantitative estimate of drug-likeness (QED) is 0.874. The van der Waals surface area contributed by atoms with Gasteiger partial charge in [-0.15, -0.1) is 0 Å². The van der Waals surface area contributed by atoms with Crippen molar-refractivity contribution in [1.29, 1.82) is 0 Å². The molecule has 2 aliphatic rings. The van der Waals surface area contributed by atoms with Crippen LogP contribution in [0, 0.1) is 11.8 Å². The molecular weight excluding hydrogens is 228 g/mol. The number of hydrogen-bond acceptors (Lipinski definition) is 2. The number of aromatic carboxylic acids is 1. The van der Waals surface area contributed by atoms with Crippen molar-refractivity contribution in [3.63, 3.8) is 0 Å². The number of aromatic nitrogens is 2. The molecular formula is C14H20N2O2. The lowest BCUT2D eigenvalue weighted by molar-refractivity contribution is 0.0658. The number of carboxylic acid groups (broad SMARTS) is 1. The Morgan fingerprint density at radius 1 is 1.22 bits per heavy atom. The second-order valence-corrected chi connectivity index (χ2v) is 5.70. The van der Waals surface area contributed by atoms with Crippen molar-refractivity contribution in [1.82, 2.24) is 9.55 Å². The van der Waals surface area contributed by atoms with E-state index in [1.807, 2.05) is 4.57 Å². The molecule has 0 spiro atoms. The molecule has 1 heterocycles. The highest BCUT2D eigenvalue weighted by Gasteiger charge is 2.36. The van der Waals surface area contributed by atoms with Crippen LogP contribution in [0.1, 0.15) is 61.5 Å². The minimum Gasteiger partial charge on any atom is -0.477 e. The lowest BCUT2D eigenvalue weighted by atomic mass is 9.68. The lowest BCUT2D eigenvalue weighted by Crippen LogP contribution is -2.33. The molecule has 0 aliphatic heterocycles. The molecule has 1 aromatic heterocycles. The van der Waals surface area contributed by atoms with E-state index >= 15 is 0 Å². The molecule has 3 atom stereocenters. The number of hydrogen-bond donors (Lipinski definition) is 1. The van der Waals surface area contributed by atoms with Gasteiger partial charge < -0.3 is 9.67 Å². The molecule has 1 N–H and O–H groups in total. The van der Waals surface area contributed by atoms with Crippen molar-refractivity contribution < 1.29 is 9.90 Å². The van der Waals surface area contributed by atoms with Gasteiger partial charge in [0.05, 0.1) is 12.5 Å². The lowest BCUT2D eigenvalue weighted by Gasteiger charge is -2.42. The van der Waals surface area contributed by atoms with Crippen LogP contribution in [0.15, 0.2) is 12.5 Å². The van der Waals surface area contributed by atoms with Crippen LogP contribution < -0.4 is 0 Å². The molecule has 0 radical (unpaired) electrons. The molecule has 0 saturated heterocycles. The van der Waals surface area contributed by atoms with Gasteiger partial charge in [-0.05, 0) is 24.7 Å². The minimum absolute atomic E-state index is 0.353. The molecule has 3 rings (SSSR count). The predicted octanol–water partition coefficient (Wildman–Crippen LogP) is 3.11. The van der Waals surface area contributed by atoms with Crippen molar-refractivity contribution in [3.05, 3.63) is 18.2 Å². The topological polar surface area (TPSA) is 55.1 Å². The largest absolute Gasteiger partial charge is 0.477 e. The maximum absolute atomic E-state index is 11.2. The van der Waals surface area contributed by atoms with Gasteiger partial charge in [0.25, 0.3) is 0 Å². The third-order valence-electron chi connectivity index (χ3n) is 4.78. The number of carbonyl (C=O) groups is 1. The van der Waals surface area contributed by atoms with Gasteiger partial charge in [-0.2, -0.15) is 0 Å². The maximum Gasteiger partial charge on any atom is 0.354 e. The van der Waals surface area contributed by atoms with Gasteiger partial charge in [0.2, 0.25) is 0 Å². The molecule has 0 bridgehead atoms. The normalized spacial score (nSPS) is 31.9. The first-order chi connectivity index (χ1) is 8.77. The van der Waals surface area contributed by atoms with Gasteiger partial charge in [0, 0.05) is 6.04 Å². The van der Waals surface area contributed by atoms with E-state index in [4.69, 9.17) is 0 Å². The van der Waals surface area contributed by atoms with Crippen LogP contribution in [0.3, 0.4) is 0 Å². The molecule has 2 aliphatic carbocycles. The number of rotatable bonds is 2. The summed E-state index contributed by atoms with van der Waals surface area (Å²) in [7, 11) is 0. The highest BCUT2D eigenvalue weighted by molar-refractivity contribution is 5.85. The summed E-state index contributed by atoms with van der Waals surface area (Å²) in [5, 5.41) is 9.22. The van der Waals surface area contributed by atoms with Crippen molar-refractivity contribution in [2.45, 2.75) is 51.0 Å². The summed E-state index contributed by atoms with van der Waals surface area (Å²) in [5.41, 5.74) is 0.353. The van der Waals surface area contributed by atoms with E-state index in [1.54, 1.807) is 6.33 Å². The van der Waals surface area contributed by atoms with Crippen molar-refractivity contribution in [2.24, 2.45) is 11.8 Å². The number of carboxylic acids is 1. The molecule has 4 heteroatoms. The van der Waals surface area contributed by atoms with Crippen LogP contribution in [0.4, 0.5) is 0 Å². The second-order valence-electron chi connectivity index (χ2n) is 5.70. The Kier molecular flexibility index (Phi) is 3.10. The van der Waals surface area contributed by atoms with Gasteiger partial charge in [-0.3, -0.25) is 0 Å². The molecule has 4 nitrogen and oxygen atoms in total. The number of imidazole rings is 1. The van der Waals surface area contributed by atoms with E-state index in [-0.39, 0.29) is 0 Å². The van der Waals surface area contributed by atoms with E-state index in [1.165, 1.54) is 44.7 Å². The first-order valence-corrected chi connectivity index (χ1v) is 7.02. The zero-order valence-corrected chi connectivity index (χ0v) is 10.6. The molecule has 1 aromatic rings. The Labute approximate surface area is 107 Å². The zero-order chi connectivity index (χ0) is 12.5. The minimum atomic E-state index is -0.856. The average molecular weight is 248 g/mol. The van der Waals surface area contributed by atoms with Crippen molar-refractivity contribution >= 4 is 5.97 Å². The molecule has 2 saturated carbocycles. The average Bonchev–Trinajstić information content (AvgIpc) is 2.87.